The van der Waals surface area contributed by atoms with Gasteiger partial charge in [0.1, 0.15) is 0 Å². The third-order valence-corrected chi connectivity index (χ3v) is 4.25. The zero-order chi connectivity index (χ0) is 14.9. The van der Waals surface area contributed by atoms with Gasteiger partial charge in [0.05, 0.1) is 22.8 Å². The maximum atomic E-state index is 11.4. The predicted molar refractivity (Wildman–Crippen MR) is 75.8 cm³/mol. The molecular weight excluding hydrogens is 278 g/mol. The minimum absolute atomic E-state index is 0.282. The Morgan fingerprint density at radius 1 is 1.20 bits per heavy atom. The number of hydrogen-bond donors (Lipinski definition) is 0. The number of benzene rings is 1. The highest BCUT2D eigenvalue weighted by Crippen LogP contribution is 2.23. The van der Waals surface area contributed by atoms with Crippen molar-refractivity contribution in [3.05, 3.63) is 46.1 Å². The molecule has 0 aliphatic heterocycles. The first-order valence-electron chi connectivity index (χ1n) is 5.99. The second-order valence-corrected chi connectivity index (χ2v) is 6.70. The number of nitroso groups, excluding NO2 is 1. The van der Waals surface area contributed by atoms with Crippen molar-refractivity contribution in [2.75, 3.05) is 6.26 Å². The molecule has 1 aromatic carbocycles. The van der Waals surface area contributed by atoms with E-state index < -0.39 is 9.84 Å². The van der Waals surface area contributed by atoms with Crippen LogP contribution in [0, 0.1) is 18.8 Å². The van der Waals surface area contributed by atoms with Gasteiger partial charge in [-0.1, -0.05) is 12.1 Å². The Morgan fingerprint density at radius 2 is 1.80 bits per heavy atom. The smallest absolute Gasteiger partial charge is 0.175 e. The van der Waals surface area contributed by atoms with Gasteiger partial charge in [-0.25, -0.2) is 8.42 Å². The Hall–Kier alpha value is -2.02. The van der Waals surface area contributed by atoms with Crippen LogP contribution in [-0.2, 0) is 16.4 Å². The van der Waals surface area contributed by atoms with Crippen molar-refractivity contribution in [1.29, 1.82) is 0 Å². The lowest BCUT2D eigenvalue weighted by Gasteiger charge is -2.05. The molecule has 0 spiro atoms. The lowest BCUT2D eigenvalue weighted by atomic mass is 10.2. The molecule has 0 saturated carbocycles. The van der Waals surface area contributed by atoms with Crippen molar-refractivity contribution in [2.45, 2.75) is 25.3 Å². The molecule has 0 bridgehead atoms. The zero-order valence-corrected chi connectivity index (χ0v) is 12.3. The summed E-state index contributed by atoms with van der Waals surface area (Å²) in [7, 11) is -3.19. The van der Waals surface area contributed by atoms with Crippen molar-refractivity contribution in [3.63, 3.8) is 0 Å². The van der Waals surface area contributed by atoms with Crippen LogP contribution in [0.25, 0.3) is 0 Å². The van der Waals surface area contributed by atoms with Crippen molar-refractivity contribution >= 4 is 15.5 Å². The van der Waals surface area contributed by atoms with Gasteiger partial charge in [-0.05, 0) is 36.7 Å². The lowest BCUT2D eigenvalue weighted by Crippen LogP contribution is -2.04. The van der Waals surface area contributed by atoms with Gasteiger partial charge in [0.25, 0.3) is 0 Å². The van der Waals surface area contributed by atoms with Crippen LogP contribution in [-0.4, -0.2) is 24.5 Å². The van der Waals surface area contributed by atoms with Gasteiger partial charge < -0.3 is 0 Å². The predicted octanol–water partition coefficient (Wildman–Crippen LogP) is 2.35. The monoisotopic (exact) mass is 293 g/mol. The van der Waals surface area contributed by atoms with Crippen molar-refractivity contribution in [1.82, 2.24) is 9.78 Å². The minimum atomic E-state index is -3.19. The molecule has 0 atom stereocenters. The van der Waals surface area contributed by atoms with E-state index in [1.165, 1.54) is 6.26 Å². The third-order valence-electron chi connectivity index (χ3n) is 3.12. The summed E-state index contributed by atoms with van der Waals surface area (Å²) in [6.45, 7) is 3.97. The largest absolute Gasteiger partial charge is 0.263 e. The molecule has 6 nitrogen and oxygen atoms in total. The summed E-state index contributed by atoms with van der Waals surface area (Å²) < 4.78 is 24.4. The molecule has 1 heterocycles. The molecule has 0 aliphatic rings. The highest BCUT2D eigenvalue weighted by atomic mass is 32.2. The average molecular weight is 293 g/mol. The van der Waals surface area contributed by atoms with Crippen LogP contribution >= 0.6 is 0 Å². The molecule has 0 N–H and O–H groups in total. The molecule has 0 amide bonds. The van der Waals surface area contributed by atoms with Crippen LogP contribution < -0.4 is 0 Å². The molecule has 0 fully saturated rings. The quantitative estimate of drug-likeness (QED) is 0.810. The molecule has 0 unspecified atom stereocenters. The van der Waals surface area contributed by atoms with E-state index in [0.29, 0.717) is 23.6 Å². The lowest BCUT2D eigenvalue weighted by molar-refractivity contribution is 0.601. The van der Waals surface area contributed by atoms with Crippen LogP contribution in [0.15, 0.2) is 34.3 Å². The van der Waals surface area contributed by atoms with E-state index in [4.69, 9.17) is 0 Å². The summed E-state index contributed by atoms with van der Waals surface area (Å²) in [5.74, 6) is 0. The number of rotatable bonds is 4. The van der Waals surface area contributed by atoms with E-state index in [-0.39, 0.29) is 4.90 Å². The number of aryl methyl sites for hydroxylation is 1. The van der Waals surface area contributed by atoms with Gasteiger partial charge in [-0.3, -0.25) is 4.68 Å². The fraction of sp³-hybridized carbons (Fsp3) is 0.308. The van der Waals surface area contributed by atoms with E-state index in [1.807, 2.05) is 0 Å². The molecule has 0 aliphatic carbocycles. The van der Waals surface area contributed by atoms with E-state index in [0.717, 1.165) is 5.56 Å². The molecular formula is C13H15N3O3S. The van der Waals surface area contributed by atoms with Crippen molar-refractivity contribution < 1.29 is 8.42 Å². The molecule has 106 valence electrons. The van der Waals surface area contributed by atoms with E-state index >= 15 is 0 Å². The topological polar surface area (TPSA) is 81.4 Å². The Kier molecular flexibility index (Phi) is 3.71. The van der Waals surface area contributed by atoms with Crippen molar-refractivity contribution in [3.8, 4) is 0 Å². The minimum Gasteiger partial charge on any atom is -0.263 e. The van der Waals surface area contributed by atoms with Crippen LogP contribution in [0.5, 0.6) is 0 Å². The van der Waals surface area contributed by atoms with E-state index in [2.05, 4.69) is 10.3 Å². The number of hydrogen-bond acceptors (Lipinski definition) is 5. The SMILES string of the molecule is Cc1nn(Cc2ccc(S(C)(=O)=O)cc2)c(C)c1N=O. The van der Waals surface area contributed by atoms with Gasteiger partial charge in [0.15, 0.2) is 15.5 Å². The molecule has 0 saturated heterocycles. The standard InChI is InChI=1S/C13H15N3O3S/c1-9-13(15-17)10(2)16(14-9)8-11-4-6-12(7-5-11)20(3,18)19/h4-7H,8H2,1-3H3. The first-order valence-corrected chi connectivity index (χ1v) is 7.88. The van der Waals surface area contributed by atoms with Gasteiger partial charge in [-0.15, -0.1) is 4.91 Å². The Morgan fingerprint density at radius 3 is 2.25 bits per heavy atom. The second-order valence-electron chi connectivity index (χ2n) is 4.68. The third kappa shape index (κ3) is 2.77. The first kappa shape index (κ1) is 14.4. The highest BCUT2D eigenvalue weighted by molar-refractivity contribution is 7.90. The van der Waals surface area contributed by atoms with Crippen LogP contribution in [0.4, 0.5) is 5.69 Å². The van der Waals surface area contributed by atoms with Crippen molar-refractivity contribution in [2.24, 2.45) is 5.18 Å². The fourth-order valence-corrected chi connectivity index (χ4v) is 2.62. The zero-order valence-electron chi connectivity index (χ0n) is 11.5. The normalized spacial score (nSPS) is 11.6. The molecule has 7 heteroatoms. The number of aromatic nitrogens is 2. The van der Waals surface area contributed by atoms with Crippen LogP contribution in [0.1, 0.15) is 17.0 Å². The molecule has 2 aromatic rings. The summed E-state index contributed by atoms with van der Waals surface area (Å²) >= 11 is 0. The summed E-state index contributed by atoms with van der Waals surface area (Å²) in [5, 5.41) is 7.22. The van der Waals surface area contributed by atoms with Gasteiger partial charge in [0.2, 0.25) is 0 Å². The van der Waals surface area contributed by atoms with Crippen LogP contribution in [0.2, 0.25) is 0 Å². The first-order chi connectivity index (χ1) is 9.32. The summed E-state index contributed by atoms with van der Waals surface area (Å²) in [5.41, 5.74) is 2.55. The van der Waals surface area contributed by atoms with Gasteiger partial charge in [-0.2, -0.15) is 5.10 Å². The van der Waals surface area contributed by atoms with E-state index in [1.54, 1.807) is 42.8 Å². The Labute approximate surface area is 117 Å². The molecule has 0 radical (unpaired) electrons. The Bertz CT molecular complexity index is 746. The molecule has 1 aromatic heterocycles. The van der Waals surface area contributed by atoms with Crippen LogP contribution in [0.3, 0.4) is 0 Å². The summed E-state index contributed by atoms with van der Waals surface area (Å²) in [6, 6.07) is 6.60. The van der Waals surface area contributed by atoms with E-state index in [9.17, 15) is 13.3 Å². The molecule has 2 rings (SSSR count). The van der Waals surface area contributed by atoms with Gasteiger partial charge >= 0.3 is 0 Å². The maximum Gasteiger partial charge on any atom is 0.175 e. The van der Waals surface area contributed by atoms with Gasteiger partial charge in [0, 0.05) is 6.26 Å². The second kappa shape index (κ2) is 5.16. The number of sulfone groups is 1. The number of nitrogens with zero attached hydrogens (tertiary/aromatic N) is 3. The summed E-state index contributed by atoms with van der Waals surface area (Å²) in [6.07, 6.45) is 1.17. The highest BCUT2D eigenvalue weighted by Gasteiger charge is 2.12. The average Bonchev–Trinajstić information content (AvgIpc) is 2.63. The Balaban J connectivity index is 2.29. The maximum absolute atomic E-state index is 11.4. The fourth-order valence-electron chi connectivity index (χ4n) is 1.99. The summed E-state index contributed by atoms with van der Waals surface area (Å²) in [4.78, 5) is 11.0. The molecule has 20 heavy (non-hydrogen) atoms.